The molecule has 3 aromatic heterocycles. The molecule has 0 aliphatic carbocycles. The maximum absolute atomic E-state index is 12.4. The molecule has 0 bridgehead atoms. The second-order valence-electron chi connectivity index (χ2n) is 4.87. The van der Waals surface area contributed by atoms with Crippen LogP contribution in [0.2, 0.25) is 5.28 Å². The van der Waals surface area contributed by atoms with Crippen LogP contribution in [0, 0.1) is 0 Å². The number of fused-ring (bicyclic) bond motifs is 1. The summed E-state index contributed by atoms with van der Waals surface area (Å²) in [4.78, 5) is 41.3. The van der Waals surface area contributed by atoms with E-state index in [0.29, 0.717) is 4.88 Å². The number of halogens is 2. The van der Waals surface area contributed by atoms with Crippen molar-refractivity contribution in [2.24, 2.45) is 14.1 Å². The van der Waals surface area contributed by atoms with Gasteiger partial charge in [-0.3, -0.25) is 18.7 Å². The molecule has 3 heterocycles. The molecule has 0 amide bonds. The van der Waals surface area contributed by atoms with Crippen molar-refractivity contribution in [3.05, 3.63) is 46.9 Å². The summed E-state index contributed by atoms with van der Waals surface area (Å²) in [6.45, 7) is -0.129. The zero-order valence-corrected chi connectivity index (χ0v) is 15.2. The number of carbonyl (C=O) groups excluding carboxylic acids is 1. The van der Waals surface area contributed by atoms with E-state index in [0.717, 1.165) is 8.35 Å². The highest BCUT2D eigenvalue weighted by molar-refractivity contribution is 9.11. The SMILES string of the molecule is Cn1c(=O)c2c(nc(Cl)n2CC(=O)c2ccc(Br)s2)n(C)c1=O. The van der Waals surface area contributed by atoms with Gasteiger partial charge in [-0.1, -0.05) is 0 Å². The third-order valence-corrected chi connectivity index (χ3v) is 5.40. The van der Waals surface area contributed by atoms with Gasteiger partial charge in [0.05, 0.1) is 15.2 Å². The fourth-order valence-corrected chi connectivity index (χ4v) is 3.79. The highest BCUT2D eigenvalue weighted by Crippen LogP contribution is 2.24. The molecule has 0 unspecified atom stereocenters. The first-order valence-electron chi connectivity index (χ1n) is 6.41. The standard InChI is InChI=1S/C13H10BrClN4O3S/c1-17-10-9(11(21)18(2)13(17)22)19(12(15)16-10)5-6(20)7-3-4-8(14)23-7/h3-4H,5H2,1-2H3. The molecule has 0 saturated carbocycles. The predicted octanol–water partition coefficient (Wildman–Crippen LogP) is 1.79. The number of aromatic nitrogens is 4. The van der Waals surface area contributed by atoms with Gasteiger partial charge < -0.3 is 4.57 Å². The number of ketones is 1. The molecule has 3 aromatic rings. The number of hydrogen-bond acceptors (Lipinski definition) is 5. The van der Waals surface area contributed by atoms with Gasteiger partial charge in [0.15, 0.2) is 16.9 Å². The second-order valence-corrected chi connectivity index (χ2v) is 7.67. The minimum absolute atomic E-state index is 0.0118. The van der Waals surface area contributed by atoms with Gasteiger partial charge in [0.2, 0.25) is 5.28 Å². The number of imidazole rings is 1. The topological polar surface area (TPSA) is 78.9 Å². The third-order valence-electron chi connectivity index (χ3n) is 3.45. The molecule has 0 atom stereocenters. The van der Waals surface area contributed by atoms with E-state index in [2.05, 4.69) is 20.9 Å². The Morgan fingerprint density at radius 3 is 2.61 bits per heavy atom. The molecule has 0 aliphatic rings. The third kappa shape index (κ3) is 2.58. The van der Waals surface area contributed by atoms with E-state index in [1.165, 1.54) is 34.6 Å². The Kier molecular flexibility index (Phi) is 4.03. The molecule has 0 aromatic carbocycles. The molecule has 23 heavy (non-hydrogen) atoms. The Labute approximate surface area is 146 Å². The van der Waals surface area contributed by atoms with Crippen LogP contribution in [0.15, 0.2) is 25.5 Å². The quantitative estimate of drug-likeness (QED) is 0.481. The summed E-state index contributed by atoms with van der Waals surface area (Å²) in [7, 11) is 2.86. The lowest BCUT2D eigenvalue weighted by Crippen LogP contribution is -2.37. The fraction of sp³-hybridized carbons (Fsp3) is 0.231. The summed E-state index contributed by atoms with van der Waals surface area (Å²) in [6, 6.07) is 3.46. The van der Waals surface area contributed by atoms with Crippen LogP contribution in [0.25, 0.3) is 11.2 Å². The van der Waals surface area contributed by atoms with Crippen LogP contribution in [0.1, 0.15) is 9.67 Å². The van der Waals surface area contributed by atoms with E-state index in [-0.39, 0.29) is 28.8 Å². The van der Waals surface area contributed by atoms with Crippen molar-refractivity contribution in [1.29, 1.82) is 0 Å². The highest BCUT2D eigenvalue weighted by Gasteiger charge is 2.20. The largest absolute Gasteiger partial charge is 0.332 e. The maximum atomic E-state index is 12.4. The minimum Gasteiger partial charge on any atom is -0.301 e. The number of rotatable bonds is 3. The lowest BCUT2D eigenvalue weighted by atomic mass is 10.3. The lowest BCUT2D eigenvalue weighted by Gasteiger charge is -2.06. The number of nitrogens with zero attached hydrogens (tertiary/aromatic N) is 4. The van der Waals surface area contributed by atoms with Crippen LogP contribution in [-0.2, 0) is 20.6 Å². The number of hydrogen-bond donors (Lipinski definition) is 0. The monoisotopic (exact) mass is 416 g/mol. The molecule has 0 saturated heterocycles. The van der Waals surface area contributed by atoms with Crippen LogP contribution < -0.4 is 11.2 Å². The first-order valence-corrected chi connectivity index (χ1v) is 8.40. The zero-order chi connectivity index (χ0) is 16.9. The normalized spacial score (nSPS) is 11.3. The van der Waals surface area contributed by atoms with Gasteiger partial charge in [0.25, 0.3) is 5.56 Å². The highest BCUT2D eigenvalue weighted by atomic mass is 79.9. The molecule has 120 valence electrons. The van der Waals surface area contributed by atoms with Crippen molar-refractivity contribution in [3.63, 3.8) is 0 Å². The molecule has 0 radical (unpaired) electrons. The van der Waals surface area contributed by atoms with E-state index in [1.807, 2.05) is 0 Å². The average molecular weight is 418 g/mol. The van der Waals surface area contributed by atoms with E-state index < -0.39 is 11.2 Å². The van der Waals surface area contributed by atoms with Crippen LogP contribution >= 0.6 is 38.9 Å². The summed E-state index contributed by atoms with van der Waals surface area (Å²) < 4.78 is 4.35. The number of carbonyl (C=O) groups is 1. The van der Waals surface area contributed by atoms with Crippen LogP contribution in [0.3, 0.4) is 0 Å². The van der Waals surface area contributed by atoms with Crippen molar-refractivity contribution >= 4 is 55.8 Å². The molecule has 0 spiro atoms. The Morgan fingerprint density at radius 2 is 2.00 bits per heavy atom. The van der Waals surface area contributed by atoms with Crippen molar-refractivity contribution in [2.75, 3.05) is 0 Å². The smallest absolute Gasteiger partial charge is 0.301 e. The molecule has 0 aliphatic heterocycles. The molecule has 7 nitrogen and oxygen atoms in total. The Morgan fingerprint density at radius 1 is 1.30 bits per heavy atom. The summed E-state index contributed by atoms with van der Waals surface area (Å²) in [6.07, 6.45) is 0. The fourth-order valence-electron chi connectivity index (χ4n) is 2.25. The van der Waals surface area contributed by atoms with Crippen molar-refractivity contribution < 1.29 is 4.79 Å². The zero-order valence-electron chi connectivity index (χ0n) is 12.0. The van der Waals surface area contributed by atoms with Gasteiger partial charge in [-0.15, -0.1) is 11.3 Å². The van der Waals surface area contributed by atoms with Gasteiger partial charge in [0, 0.05) is 14.1 Å². The van der Waals surface area contributed by atoms with Gasteiger partial charge >= 0.3 is 5.69 Å². The van der Waals surface area contributed by atoms with E-state index in [9.17, 15) is 14.4 Å². The molecular formula is C13H10BrClN4O3S. The molecule has 0 fully saturated rings. The Hall–Kier alpha value is -1.71. The summed E-state index contributed by atoms with van der Waals surface area (Å²) in [5.41, 5.74) is -0.758. The predicted molar refractivity (Wildman–Crippen MR) is 91.6 cm³/mol. The summed E-state index contributed by atoms with van der Waals surface area (Å²) >= 11 is 10.7. The summed E-state index contributed by atoms with van der Waals surface area (Å²) in [5.74, 6) is -0.196. The van der Waals surface area contributed by atoms with Gasteiger partial charge in [0.1, 0.15) is 0 Å². The number of aryl methyl sites for hydroxylation is 1. The van der Waals surface area contributed by atoms with Crippen LogP contribution in [0.4, 0.5) is 0 Å². The Bertz CT molecular complexity index is 1060. The lowest BCUT2D eigenvalue weighted by molar-refractivity contribution is 0.0977. The molecule has 3 rings (SSSR count). The van der Waals surface area contributed by atoms with Gasteiger partial charge in [-0.2, -0.15) is 4.98 Å². The molecular weight excluding hydrogens is 408 g/mol. The minimum atomic E-state index is -0.539. The Balaban J connectivity index is 2.19. The average Bonchev–Trinajstić information content (AvgIpc) is 3.08. The molecule has 0 N–H and O–H groups in total. The van der Waals surface area contributed by atoms with Crippen molar-refractivity contribution in [1.82, 2.24) is 18.7 Å². The van der Waals surface area contributed by atoms with Crippen LogP contribution in [0.5, 0.6) is 0 Å². The number of Topliss-reactive ketones (excluding diaryl/α,β-unsaturated/α-hetero) is 1. The van der Waals surface area contributed by atoms with Gasteiger partial charge in [-0.25, -0.2) is 4.79 Å². The first kappa shape index (κ1) is 16.2. The van der Waals surface area contributed by atoms with Crippen molar-refractivity contribution in [2.45, 2.75) is 6.54 Å². The second kappa shape index (κ2) is 5.73. The van der Waals surface area contributed by atoms with E-state index in [1.54, 1.807) is 12.1 Å². The van der Waals surface area contributed by atoms with Gasteiger partial charge in [-0.05, 0) is 39.7 Å². The first-order chi connectivity index (χ1) is 10.8. The van der Waals surface area contributed by atoms with E-state index >= 15 is 0 Å². The van der Waals surface area contributed by atoms with E-state index in [4.69, 9.17) is 11.6 Å². The number of thiophene rings is 1. The van der Waals surface area contributed by atoms with Crippen molar-refractivity contribution in [3.8, 4) is 0 Å². The van der Waals surface area contributed by atoms with Crippen LogP contribution in [-0.4, -0.2) is 24.5 Å². The maximum Gasteiger partial charge on any atom is 0.332 e. The summed E-state index contributed by atoms with van der Waals surface area (Å²) in [5, 5.41) is -0.0118. The molecule has 10 heteroatoms.